The molecule has 1 aliphatic rings. The first-order valence-electron chi connectivity index (χ1n) is 7.54. The van der Waals surface area contributed by atoms with Gasteiger partial charge in [-0.15, -0.1) is 0 Å². The summed E-state index contributed by atoms with van der Waals surface area (Å²) in [5.41, 5.74) is 4.10. The Labute approximate surface area is 121 Å². The number of piperidine rings is 1. The quantitative estimate of drug-likeness (QED) is 0.858. The predicted octanol–water partition coefficient (Wildman–Crippen LogP) is 3.19. The summed E-state index contributed by atoms with van der Waals surface area (Å²) >= 11 is 0. The Morgan fingerprint density at radius 3 is 2.70 bits per heavy atom. The zero-order valence-electron chi connectivity index (χ0n) is 13.0. The summed E-state index contributed by atoms with van der Waals surface area (Å²) in [7, 11) is 0. The van der Waals surface area contributed by atoms with Crippen LogP contribution < -0.4 is 10.1 Å². The lowest BCUT2D eigenvalue weighted by Gasteiger charge is -2.24. The maximum absolute atomic E-state index is 12.8. The molecule has 3 nitrogen and oxygen atoms in total. The lowest BCUT2D eigenvalue weighted by molar-refractivity contribution is 0.0898. The van der Waals surface area contributed by atoms with E-state index in [1.54, 1.807) is 0 Å². The Kier molecular flexibility index (Phi) is 4.81. The normalized spacial score (nSPS) is 18.9. The van der Waals surface area contributed by atoms with E-state index in [0.717, 1.165) is 53.9 Å². The molecule has 1 saturated heterocycles. The van der Waals surface area contributed by atoms with E-state index in [0.29, 0.717) is 12.4 Å². The van der Waals surface area contributed by atoms with Gasteiger partial charge < -0.3 is 10.1 Å². The van der Waals surface area contributed by atoms with Crippen molar-refractivity contribution in [1.82, 2.24) is 5.32 Å². The van der Waals surface area contributed by atoms with Gasteiger partial charge in [-0.3, -0.25) is 4.79 Å². The first-order valence-corrected chi connectivity index (χ1v) is 7.54. The van der Waals surface area contributed by atoms with Gasteiger partial charge >= 0.3 is 0 Å². The van der Waals surface area contributed by atoms with Gasteiger partial charge in [0.05, 0.1) is 6.61 Å². The van der Waals surface area contributed by atoms with E-state index >= 15 is 0 Å². The smallest absolute Gasteiger partial charge is 0.167 e. The van der Waals surface area contributed by atoms with Gasteiger partial charge in [0.1, 0.15) is 5.75 Å². The maximum atomic E-state index is 12.8. The highest BCUT2D eigenvalue weighted by Gasteiger charge is 2.26. The van der Waals surface area contributed by atoms with E-state index in [4.69, 9.17) is 4.74 Å². The number of aryl methyl sites for hydroxylation is 1. The maximum Gasteiger partial charge on any atom is 0.167 e. The first-order chi connectivity index (χ1) is 9.56. The average molecular weight is 275 g/mol. The van der Waals surface area contributed by atoms with Crippen molar-refractivity contribution in [2.75, 3.05) is 19.7 Å². The second-order valence-corrected chi connectivity index (χ2v) is 5.66. The lowest BCUT2D eigenvalue weighted by atomic mass is 9.85. The molecule has 1 atom stereocenters. The number of hydrogen-bond acceptors (Lipinski definition) is 3. The van der Waals surface area contributed by atoms with Crippen molar-refractivity contribution in [3.63, 3.8) is 0 Å². The highest BCUT2D eigenvalue weighted by molar-refractivity contribution is 6.01. The molecule has 1 aliphatic heterocycles. The molecule has 0 aliphatic carbocycles. The van der Waals surface area contributed by atoms with Gasteiger partial charge in [-0.05, 0) is 69.8 Å². The second-order valence-electron chi connectivity index (χ2n) is 5.66. The number of hydrogen-bond donors (Lipinski definition) is 1. The molecule has 20 heavy (non-hydrogen) atoms. The Balaban J connectivity index is 2.36. The minimum Gasteiger partial charge on any atom is -0.494 e. The number of nitrogens with one attached hydrogen (secondary N) is 1. The van der Waals surface area contributed by atoms with Crippen LogP contribution in [0.4, 0.5) is 0 Å². The van der Waals surface area contributed by atoms with Gasteiger partial charge in [-0.25, -0.2) is 0 Å². The summed E-state index contributed by atoms with van der Waals surface area (Å²) < 4.78 is 5.65. The van der Waals surface area contributed by atoms with Crippen LogP contribution in [0, 0.1) is 26.7 Å². The Morgan fingerprint density at radius 2 is 2.10 bits per heavy atom. The minimum atomic E-state index is 0.124. The van der Waals surface area contributed by atoms with E-state index in [2.05, 4.69) is 5.32 Å². The Hall–Kier alpha value is -1.35. The molecule has 0 amide bonds. The molecule has 0 radical (unpaired) electrons. The topological polar surface area (TPSA) is 38.3 Å². The number of Topliss-reactive ketones (excluding diaryl/α,β-unsaturated/α-hetero) is 1. The Bertz CT molecular complexity index is 502. The summed E-state index contributed by atoms with van der Waals surface area (Å²) in [6, 6.07) is 2.01. The fourth-order valence-electron chi connectivity index (χ4n) is 3.01. The Morgan fingerprint density at radius 1 is 1.35 bits per heavy atom. The van der Waals surface area contributed by atoms with Crippen LogP contribution in [0.5, 0.6) is 5.75 Å². The highest BCUT2D eigenvalue weighted by atomic mass is 16.5. The predicted molar refractivity (Wildman–Crippen MR) is 81.7 cm³/mol. The first kappa shape index (κ1) is 15.0. The van der Waals surface area contributed by atoms with Crippen LogP contribution in [0.1, 0.15) is 46.8 Å². The van der Waals surface area contributed by atoms with Gasteiger partial charge in [0.2, 0.25) is 0 Å². The fourth-order valence-corrected chi connectivity index (χ4v) is 3.01. The largest absolute Gasteiger partial charge is 0.494 e. The van der Waals surface area contributed by atoms with Crippen LogP contribution in [0.3, 0.4) is 0 Å². The number of carbonyl (C=O) groups is 1. The molecule has 1 fully saturated rings. The zero-order chi connectivity index (χ0) is 14.7. The fraction of sp³-hybridized carbons (Fsp3) is 0.588. The van der Waals surface area contributed by atoms with Crippen molar-refractivity contribution >= 4 is 5.78 Å². The van der Waals surface area contributed by atoms with Crippen LogP contribution in [0.25, 0.3) is 0 Å². The number of rotatable bonds is 4. The summed E-state index contributed by atoms with van der Waals surface area (Å²) in [6.45, 7) is 10.6. The van der Waals surface area contributed by atoms with Crippen LogP contribution in [-0.4, -0.2) is 25.5 Å². The minimum absolute atomic E-state index is 0.124. The molecule has 1 N–H and O–H groups in total. The van der Waals surface area contributed by atoms with Gasteiger partial charge in [-0.2, -0.15) is 0 Å². The molecular weight excluding hydrogens is 250 g/mol. The molecule has 1 heterocycles. The molecule has 3 heteroatoms. The van der Waals surface area contributed by atoms with Gasteiger partial charge in [0.25, 0.3) is 0 Å². The van der Waals surface area contributed by atoms with E-state index in [-0.39, 0.29) is 5.92 Å². The third-order valence-electron chi connectivity index (χ3n) is 4.26. The summed E-state index contributed by atoms with van der Waals surface area (Å²) in [5.74, 6) is 1.32. The molecular formula is C17H25NO2. The van der Waals surface area contributed by atoms with E-state index < -0.39 is 0 Å². The lowest BCUT2D eigenvalue weighted by Crippen LogP contribution is -2.35. The van der Waals surface area contributed by atoms with Crippen LogP contribution in [0.15, 0.2) is 6.07 Å². The van der Waals surface area contributed by atoms with Crippen molar-refractivity contribution in [3.05, 3.63) is 28.3 Å². The number of ether oxygens (including phenoxy) is 1. The monoisotopic (exact) mass is 275 g/mol. The second kappa shape index (κ2) is 6.40. The standard InChI is InChI=1S/C17H25NO2/c1-5-20-15-9-11(2)16(13(4)12(15)3)17(19)14-7-6-8-18-10-14/h9,14,18H,5-8,10H2,1-4H3. The summed E-state index contributed by atoms with van der Waals surface area (Å²) in [5, 5.41) is 3.33. The number of ketones is 1. The molecule has 1 aromatic carbocycles. The molecule has 0 bridgehead atoms. The van der Waals surface area contributed by atoms with Crippen molar-refractivity contribution in [2.24, 2.45) is 5.92 Å². The van der Waals surface area contributed by atoms with Crippen molar-refractivity contribution < 1.29 is 9.53 Å². The van der Waals surface area contributed by atoms with Crippen molar-refractivity contribution in [1.29, 1.82) is 0 Å². The summed E-state index contributed by atoms with van der Waals surface area (Å²) in [6.07, 6.45) is 2.08. The van der Waals surface area contributed by atoms with E-state index in [1.165, 1.54) is 0 Å². The van der Waals surface area contributed by atoms with Crippen LogP contribution in [0.2, 0.25) is 0 Å². The van der Waals surface area contributed by atoms with E-state index in [1.807, 2.05) is 33.8 Å². The zero-order valence-corrected chi connectivity index (χ0v) is 13.0. The van der Waals surface area contributed by atoms with Gasteiger partial charge in [0.15, 0.2) is 5.78 Å². The van der Waals surface area contributed by atoms with Crippen LogP contribution >= 0.6 is 0 Å². The third-order valence-corrected chi connectivity index (χ3v) is 4.26. The third kappa shape index (κ3) is 2.88. The number of carbonyl (C=O) groups excluding carboxylic acids is 1. The highest BCUT2D eigenvalue weighted by Crippen LogP contribution is 2.30. The summed E-state index contributed by atoms with van der Waals surface area (Å²) in [4.78, 5) is 12.8. The molecule has 1 aromatic rings. The molecule has 1 unspecified atom stereocenters. The molecule has 0 aromatic heterocycles. The van der Waals surface area contributed by atoms with Crippen LogP contribution in [-0.2, 0) is 0 Å². The SMILES string of the molecule is CCOc1cc(C)c(C(=O)C2CCCNC2)c(C)c1C. The van der Waals surface area contributed by atoms with Crippen molar-refractivity contribution in [3.8, 4) is 5.75 Å². The van der Waals surface area contributed by atoms with Gasteiger partial charge in [0, 0.05) is 18.0 Å². The molecule has 0 spiro atoms. The number of benzene rings is 1. The van der Waals surface area contributed by atoms with E-state index in [9.17, 15) is 4.79 Å². The van der Waals surface area contributed by atoms with Gasteiger partial charge in [-0.1, -0.05) is 0 Å². The van der Waals surface area contributed by atoms with Crippen molar-refractivity contribution in [2.45, 2.75) is 40.5 Å². The molecule has 0 saturated carbocycles. The molecule has 110 valence electrons. The average Bonchev–Trinajstić information content (AvgIpc) is 2.45. The molecule has 2 rings (SSSR count).